The van der Waals surface area contributed by atoms with Gasteiger partial charge < -0.3 is 25.7 Å². The van der Waals surface area contributed by atoms with Gasteiger partial charge in [0, 0.05) is 0 Å². The first-order valence-corrected chi connectivity index (χ1v) is 34.7. The predicted octanol–water partition coefficient (Wildman–Crippen LogP) is 21.3. The number of allylic oxidation sites excluding steroid dienone is 4. The maximum Gasteiger partial charge on any atom is 0.249 e. The van der Waals surface area contributed by atoms with Crippen molar-refractivity contribution in [1.82, 2.24) is 5.32 Å². The van der Waals surface area contributed by atoms with Gasteiger partial charge in [-0.05, 0) is 51.4 Å². The van der Waals surface area contributed by atoms with Crippen LogP contribution in [0, 0.1) is 0 Å². The molecule has 452 valence electrons. The van der Waals surface area contributed by atoms with E-state index in [9.17, 15) is 25.2 Å². The van der Waals surface area contributed by atoms with Crippen molar-refractivity contribution in [2.75, 3.05) is 6.61 Å². The van der Waals surface area contributed by atoms with Gasteiger partial charge in [0.2, 0.25) is 5.91 Å². The molecule has 0 saturated heterocycles. The van der Waals surface area contributed by atoms with E-state index in [1.54, 1.807) is 0 Å². The van der Waals surface area contributed by atoms with Gasteiger partial charge in [-0.25, -0.2) is 0 Å². The van der Waals surface area contributed by atoms with E-state index in [1.165, 1.54) is 315 Å². The summed E-state index contributed by atoms with van der Waals surface area (Å²) in [5.41, 5.74) is 0. The summed E-state index contributed by atoms with van der Waals surface area (Å²) in [6.07, 6.45) is 81.7. The van der Waals surface area contributed by atoms with Crippen molar-refractivity contribution in [3.05, 3.63) is 24.3 Å². The molecule has 0 heterocycles. The second-order valence-corrected chi connectivity index (χ2v) is 24.2. The summed E-state index contributed by atoms with van der Waals surface area (Å²) in [5.74, 6) is -0.589. The third kappa shape index (κ3) is 57.5. The van der Waals surface area contributed by atoms with Gasteiger partial charge in [-0.15, -0.1) is 0 Å². The molecular weight excluding hydrogens is 935 g/mol. The Labute approximate surface area is 475 Å². The summed E-state index contributed by atoms with van der Waals surface area (Å²) in [4.78, 5) is 12.7. The number of nitrogens with one attached hydrogen (secondary N) is 1. The molecule has 6 heteroatoms. The van der Waals surface area contributed by atoms with E-state index in [2.05, 4.69) is 43.5 Å². The van der Waals surface area contributed by atoms with Crippen molar-refractivity contribution >= 4 is 5.91 Å². The zero-order valence-electron chi connectivity index (χ0n) is 51.5. The molecule has 0 bridgehead atoms. The maximum absolute atomic E-state index is 12.7. The Hall–Kier alpha value is -1.21. The van der Waals surface area contributed by atoms with Crippen molar-refractivity contribution in [2.24, 2.45) is 0 Å². The lowest BCUT2D eigenvalue weighted by molar-refractivity contribution is -0.132. The maximum atomic E-state index is 12.7. The van der Waals surface area contributed by atoms with Crippen LogP contribution in [0.5, 0.6) is 0 Å². The quantitative estimate of drug-likeness (QED) is 0.0308. The van der Waals surface area contributed by atoms with E-state index in [0.29, 0.717) is 19.3 Å². The number of carbonyl (C=O) groups is 1. The minimum absolute atomic E-state index is 0.365. The first kappa shape index (κ1) is 74.8. The number of hydrogen-bond donors (Lipinski definition) is 5. The molecule has 0 aliphatic heterocycles. The predicted molar refractivity (Wildman–Crippen MR) is 334 cm³/mol. The number of aliphatic hydroxyl groups is 4. The van der Waals surface area contributed by atoms with Crippen molar-refractivity contribution in [3.63, 3.8) is 0 Å². The van der Waals surface area contributed by atoms with E-state index < -0.39 is 36.9 Å². The lowest BCUT2D eigenvalue weighted by atomic mass is 10.00. The number of carbonyl (C=O) groups excluding carboxylic acids is 1. The molecule has 0 aromatic rings. The van der Waals surface area contributed by atoms with Crippen LogP contribution in [0.25, 0.3) is 0 Å². The highest BCUT2D eigenvalue weighted by molar-refractivity contribution is 5.80. The topological polar surface area (TPSA) is 110 Å². The summed E-state index contributed by atoms with van der Waals surface area (Å²) in [6.45, 7) is 4.10. The van der Waals surface area contributed by atoms with E-state index in [0.717, 1.165) is 38.5 Å². The fraction of sp³-hybridized carbons (Fsp3) is 0.929. The molecule has 0 saturated carbocycles. The fourth-order valence-electron chi connectivity index (χ4n) is 11.3. The molecule has 0 aromatic carbocycles. The van der Waals surface area contributed by atoms with Gasteiger partial charge in [-0.3, -0.25) is 4.79 Å². The smallest absolute Gasteiger partial charge is 0.249 e. The average Bonchev–Trinajstić information content (AvgIpc) is 3.42. The number of rotatable bonds is 65. The SMILES string of the molecule is CCCCCCCCCCCCCCCCCCCCCCCC/C=C/CC/C=C/CCCC(O)C(O)C(CO)NC(=O)C(O)CCCCCCCCCCCCCCCCCCCCCCCCCCCCCCC. The second-order valence-electron chi connectivity index (χ2n) is 24.2. The Morgan fingerprint density at radius 3 is 0.829 bits per heavy atom. The molecule has 0 fully saturated rings. The number of hydrogen-bond acceptors (Lipinski definition) is 5. The minimum Gasteiger partial charge on any atom is -0.394 e. The fourth-order valence-corrected chi connectivity index (χ4v) is 11.3. The lowest BCUT2D eigenvalue weighted by Crippen LogP contribution is -2.53. The van der Waals surface area contributed by atoms with E-state index in [-0.39, 0.29) is 0 Å². The standard InChI is InChI=1S/C70H137NO5/c1-3-5-7-9-11-13-15-17-19-21-23-25-27-29-31-33-34-36-37-39-41-43-45-47-49-51-53-55-57-59-61-63-67(73)69(75)66(65-72)71-70(76)68(74)64-62-60-58-56-54-52-50-48-46-44-42-40-38-35-32-30-28-26-24-22-20-18-16-14-12-10-8-6-4-2/h47,49,55,57,66-69,72-75H,3-46,48,50-54,56,58-65H2,1-2H3,(H,71,76)/b49-47+,57-55+. The summed E-state index contributed by atoms with van der Waals surface area (Å²) in [6, 6.07) is -1.01. The molecule has 4 unspecified atom stereocenters. The Morgan fingerprint density at radius 2 is 0.553 bits per heavy atom. The van der Waals surface area contributed by atoms with Crippen molar-refractivity contribution in [2.45, 2.75) is 411 Å². The highest BCUT2D eigenvalue weighted by atomic mass is 16.3. The van der Waals surface area contributed by atoms with E-state index in [4.69, 9.17) is 0 Å². The molecule has 1 amide bonds. The largest absolute Gasteiger partial charge is 0.394 e. The minimum atomic E-state index is -1.29. The van der Waals surface area contributed by atoms with Crippen LogP contribution in [-0.2, 0) is 4.79 Å². The van der Waals surface area contributed by atoms with Crippen LogP contribution in [0.4, 0.5) is 0 Å². The molecule has 0 aliphatic carbocycles. The van der Waals surface area contributed by atoms with Crippen molar-refractivity contribution in [3.8, 4) is 0 Å². The number of amides is 1. The first-order valence-electron chi connectivity index (χ1n) is 34.7. The molecule has 6 nitrogen and oxygen atoms in total. The summed E-state index contributed by atoms with van der Waals surface area (Å²) < 4.78 is 0. The zero-order valence-corrected chi connectivity index (χ0v) is 51.5. The molecule has 0 rings (SSSR count). The van der Waals surface area contributed by atoms with Gasteiger partial charge >= 0.3 is 0 Å². The summed E-state index contributed by atoms with van der Waals surface area (Å²) >= 11 is 0. The molecule has 0 spiro atoms. The lowest BCUT2D eigenvalue weighted by Gasteiger charge is -2.27. The Bertz CT molecular complexity index is 1160. The number of unbranched alkanes of at least 4 members (excludes halogenated alkanes) is 52. The van der Waals surface area contributed by atoms with Crippen LogP contribution < -0.4 is 5.32 Å². The Balaban J connectivity index is 3.58. The highest BCUT2D eigenvalue weighted by Crippen LogP contribution is 2.19. The normalized spacial score (nSPS) is 13.6. The van der Waals surface area contributed by atoms with Crippen LogP contribution >= 0.6 is 0 Å². The molecule has 0 aliphatic rings. The van der Waals surface area contributed by atoms with Gasteiger partial charge in [0.15, 0.2) is 0 Å². The molecule has 4 atom stereocenters. The number of aliphatic hydroxyl groups excluding tert-OH is 4. The van der Waals surface area contributed by atoms with Crippen LogP contribution in [0.1, 0.15) is 386 Å². The average molecular weight is 1070 g/mol. The second kappa shape index (κ2) is 64.6. The van der Waals surface area contributed by atoms with Crippen LogP contribution in [-0.4, -0.2) is 57.3 Å². The van der Waals surface area contributed by atoms with Gasteiger partial charge in [0.25, 0.3) is 0 Å². The Morgan fingerprint density at radius 1 is 0.316 bits per heavy atom. The summed E-state index contributed by atoms with van der Waals surface area (Å²) in [7, 11) is 0. The molecule has 0 aromatic heterocycles. The van der Waals surface area contributed by atoms with E-state index >= 15 is 0 Å². The monoisotopic (exact) mass is 1070 g/mol. The third-order valence-electron chi connectivity index (χ3n) is 16.6. The van der Waals surface area contributed by atoms with E-state index in [1.807, 2.05) is 0 Å². The summed E-state index contributed by atoms with van der Waals surface area (Å²) in [5, 5.41) is 44.2. The zero-order chi connectivity index (χ0) is 55.1. The van der Waals surface area contributed by atoms with Crippen LogP contribution in [0.15, 0.2) is 24.3 Å². The highest BCUT2D eigenvalue weighted by Gasteiger charge is 2.28. The van der Waals surface area contributed by atoms with Crippen LogP contribution in [0.2, 0.25) is 0 Å². The van der Waals surface area contributed by atoms with Gasteiger partial charge in [0.05, 0.1) is 18.8 Å². The third-order valence-corrected chi connectivity index (χ3v) is 16.6. The molecular formula is C70H137NO5. The van der Waals surface area contributed by atoms with Crippen molar-refractivity contribution < 1.29 is 25.2 Å². The molecule has 5 N–H and O–H groups in total. The first-order chi connectivity index (χ1) is 37.5. The van der Waals surface area contributed by atoms with Gasteiger partial charge in [-0.2, -0.15) is 0 Å². The molecule has 76 heavy (non-hydrogen) atoms. The van der Waals surface area contributed by atoms with Gasteiger partial charge in [-0.1, -0.05) is 359 Å². The Kier molecular flexibility index (Phi) is 63.6. The van der Waals surface area contributed by atoms with Gasteiger partial charge in [0.1, 0.15) is 12.2 Å². The van der Waals surface area contributed by atoms with Crippen LogP contribution in [0.3, 0.4) is 0 Å². The molecule has 0 radical (unpaired) electrons. The van der Waals surface area contributed by atoms with Crippen molar-refractivity contribution in [1.29, 1.82) is 0 Å².